The van der Waals surface area contributed by atoms with Crippen molar-refractivity contribution >= 4 is 11.7 Å². The lowest BCUT2D eigenvalue weighted by Gasteiger charge is -2.24. The Kier molecular flexibility index (Phi) is 5.30. The molecule has 0 aromatic heterocycles. The van der Waals surface area contributed by atoms with Crippen molar-refractivity contribution in [3.8, 4) is 11.5 Å². The number of nitrogens with zero attached hydrogens (tertiary/aromatic N) is 1. The molecule has 1 N–H and O–H groups in total. The molecular weight excluding hydrogens is 234 g/mol. The number of hydrogen-bond donors (Lipinski definition) is 1. The van der Waals surface area contributed by atoms with E-state index in [0.29, 0.717) is 18.0 Å². The molecule has 0 saturated carbocycles. The van der Waals surface area contributed by atoms with Gasteiger partial charge in [-0.25, -0.2) is 0 Å². The van der Waals surface area contributed by atoms with Gasteiger partial charge in [-0.15, -0.1) is 0 Å². The number of carboxylic acid groups (broad SMARTS) is 1. The molecule has 100 valence electrons. The summed E-state index contributed by atoms with van der Waals surface area (Å²) < 4.78 is 10.4. The van der Waals surface area contributed by atoms with Gasteiger partial charge in [0.05, 0.1) is 19.9 Å². The number of hydrogen-bond acceptors (Lipinski definition) is 4. The average molecular weight is 253 g/mol. The van der Waals surface area contributed by atoms with Gasteiger partial charge in [0.2, 0.25) is 0 Å². The molecule has 0 fully saturated rings. The van der Waals surface area contributed by atoms with E-state index in [1.165, 1.54) is 0 Å². The molecule has 0 spiro atoms. The fourth-order valence-electron chi connectivity index (χ4n) is 1.76. The fraction of sp³-hybridized carbons (Fsp3) is 0.462. The van der Waals surface area contributed by atoms with Gasteiger partial charge in [0.1, 0.15) is 18.0 Å². The van der Waals surface area contributed by atoms with Crippen LogP contribution in [0.5, 0.6) is 11.5 Å². The first kappa shape index (κ1) is 14.2. The predicted octanol–water partition coefficient (Wildman–Crippen LogP) is 2.00. The molecule has 5 nitrogen and oxygen atoms in total. The largest absolute Gasteiger partial charge is 0.497 e. The molecule has 0 atom stereocenters. The first-order chi connectivity index (χ1) is 8.62. The van der Waals surface area contributed by atoms with Crippen molar-refractivity contribution in [3.05, 3.63) is 18.2 Å². The average Bonchev–Trinajstić information content (AvgIpc) is 2.37. The predicted molar refractivity (Wildman–Crippen MR) is 69.7 cm³/mol. The molecule has 1 rings (SSSR count). The van der Waals surface area contributed by atoms with E-state index in [1.807, 2.05) is 6.92 Å². The first-order valence-electron chi connectivity index (χ1n) is 5.81. The third-order valence-electron chi connectivity index (χ3n) is 2.55. The van der Waals surface area contributed by atoms with Gasteiger partial charge in [0.15, 0.2) is 0 Å². The van der Waals surface area contributed by atoms with Crippen LogP contribution < -0.4 is 14.4 Å². The van der Waals surface area contributed by atoms with Crippen LogP contribution in [0.1, 0.15) is 13.3 Å². The number of ether oxygens (including phenoxy) is 2. The van der Waals surface area contributed by atoms with Crippen LogP contribution in [0.25, 0.3) is 0 Å². The summed E-state index contributed by atoms with van der Waals surface area (Å²) in [6, 6.07) is 5.35. The molecule has 0 saturated heterocycles. The Balaban J connectivity index is 3.10. The monoisotopic (exact) mass is 253 g/mol. The fourth-order valence-corrected chi connectivity index (χ4v) is 1.76. The molecule has 0 heterocycles. The molecule has 1 aromatic carbocycles. The van der Waals surface area contributed by atoms with Gasteiger partial charge in [-0.05, 0) is 18.6 Å². The van der Waals surface area contributed by atoms with Gasteiger partial charge in [0, 0.05) is 12.6 Å². The van der Waals surface area contributed by atoms with Gasteiger partial charge in [-0.2, -0.15) is 0 Å². The van der Waals surface area contributed by atoms with Crippen molar-refractivity contribution in [1.82, 2.24) is 0 Å². The Morgan fingerprint density at radius 2 is 2.06 bits per heavy atom. The Morgan fingerprint density at radius 3 is 2.56 bits per heavy atom. The first-order valence-corrected chi connectivity index (χ1v) is 5.81. The van der Waals surface area contributed by atoms with Crippen molar-refractivity contribution in [2.75, 3.05) is 32.2 Å². The summed E-state index contributed by atoms with van der Waals surface area (Å²) in [5, 5.41) is 8.95. The van der Waals surface area contributed by atoms with E-state index in [2.05, 4.69) is 0 Å². The Bertz CT molecular complexity index is 406. The number of benzene rings is 1. The van der Waals surface area contributed by atoms with Crippen molar-refractivity contribution in [1.29, 1.82) is 0 Å². The van der Waals surface area contributed by atoms with Gasteiger partial charge in [-0.1, -0.05) is 6.92 Å². The molecule has 0 radical (unpaired) electrons. The Labute approximate surface area is 107 Å². The normalized spacial score (nSPS) is 9.94. The third-order valence-corrected chi connectivity index (χ3v) is 2.55. The van der Waals surface area contributed by atoms with E-state index >= 15 is 0 Å². The molecule has 1 aromatic rings. The molecule has 0 aliphatic carbocycles. The Hall–Kier alpha value is -1.91. The van der Waals surface area contributed by atoms with Crippen molar-refractivity contribution < 1.29 is 19.4 Å². The second kappa shape index (κ2) is 6.74. The van der Waals surface area contributed by atoms with E-state index in [0.717, 1.165) is 12.1 Å². The topological polar surface area (TPSA) is 59.0 Å². The second-order valence-electron chi connectivity index (χ2n) is 3.85. The maximum absolute atomic E-state index is 10.9. The highest BCUT2D eigenvalue weighted by atomic mass is 16.5. The van der Waals surface area contributed by atoms with E-state index < -0.39 is 5.97 Å². The minimum atomic E-state index is -0.867. The summed E-state index contributed by atoms with van der Waals surface area (Å²) in [5.41, 5.74) is 0.737. The lowest BCUT2D eigenvalue weighted by Crippen LogP contribution is -2.30. The number of aliphatic carboxylic acids is 1. The SMILES string of the molecule is CCCN(CC(=O)O)c1cc(OC)ccc1OC. The molecule has 5 heteroatoms. The summed E-state index contributed by atoms with van der Waals surface area (Å²) in [6.07, 6.45) is 0.855. The van der Waals surface area contributed by atoms with E-state index in [4.69, 9.17) is 14.6 Å². The van der Waals surface area contributed by atoms with Gasteiger partial charge in [-0.3, -0.25) is 4.79 Å². The lowest BCUT2D eigenvalue weighted by atomic mass is 10.2. The lowest BCUT2D eigenvalue weighted by molar-refractivity contribution is -0.135. The maximum Gasteiger partial charge on any atom is 0.323 e. The summed E-state index contributed by atoms with van der Waals surface area (Å²) >= 11 is 0. The van der Waals surface area contributed by atoms with Crippen LogP contribution in [-0.2, 0) is 4.79 Å². The smallest absolute Gasteiger partial charge is 0.323 e. The van der Waals surface area contributed by atoms with Gasteiger partial charge >= 0.3 is 5.97 Å². The van der Waals surface area contributed by atoms with Crippen molar-refractivity contribution in [3.63, 3.8) is 0 Å². The highest BCUT2D eigenvalue weighted by Crippen LogP contribution is 2.32. The van der Waals surface area contributed by atoms with Crippen LogP contribution in [0, 0.1) is 0 Å². The number of carboxylic acids is 1. The van der Waals surface area contributed by atoms with Gasteiger partial charge in [0.25, 0.3) is 0 Å². The van der Waals surface area contributed by atoms with Crippen LogP contribution in [-0.4, -0.2) is 38.4 Å². The van der Waals surface area contributed by atoms with Crippen molar-refractivity contribution in [2.24, 2.45) is 0 Å². The van der Waals surface area contributed by atoms with Crippen LogP contribution in [0.3, 0.4) is 0 Å². The van der Waals surface area contributed by atoms with Crippen LogP contribution in [0.4, 0.5) is 5.69 Å². The minimum Gasteiger partial charge on any atom is -0.497 e. The second-order valence-corrected chi connectivity index (χ2v) is 3.85. The molecule has 0 aliphatic heterocycles. The summed E-state index contributed by atoms with van der Waals surface area (Å²) in [7, 11) is 3.14. The quantitative estimate of drug-likeness (QED) is 0.805. The maximum atomic E-state index is 10.9. The number of anilines is 1. The van der Waals surface area contributed by atoms with E-state index in [1.54, 1.807) is 37.3 Å². The molecular formula is C13H19NO4. The number of rotatable bonds is 7. The molecule has 0 unspecified atom stereocenters. The van der Waals surface area contributed by atoms with Crippen molar-refractivity contribution in [2.45, 2.75) is 13.3 Å². The van der Waals surface area contributed by atoms with Gasteiger partial charge < -0.3 is 19.5 Å². The highest BCUT2D eigenvalue weighted by molar-refractivity contribution is 5.75. The van der Waals surface area contributed by atoms with Crippen LogP contribution >= 0.6 is 0 Å². The summed E-state index contributed by atoms with van der Waals surface area (Å²) in [6.45, 7) is 2.59. The third kappa shape index (κ3) is 3.55. The van der Waals surface area contributed by atoms with E-state index in [-0.39, 0.29) is 6.54 Å². The number of carbonyl (C=O) groups is 1. The standard InChI is InChI=1S/C13H19NO4/c1-4-7-14(9-13(15)16)11-8-10(17-2)5-6-12(11)18-3/h5-6,8H,4,7,9H2,1-3H3,(H,15,16). The zero-order chi connectivity index (χ0) is 13.5. The molecule has 0 bridgehead atoms. The zero-order valence-corrected chi connectivity index (χ0v) is 11.0. The molecule has 0 amide bonds. The summed E-state index contributed by atoms with van der Waals surface area (Å²) in [4.78, 5) is 12.7. The van der Waals surface area contributed by atoms with E-state index in [9.17, 15) is 4.79 Å². The Morgan fingerprint density at radius 1 is 1.33 bits per heavy atom. The van der Waals surface area contributed by atoms with Crippen LogP contribution in [0.2, 0.25) is 0 Å². The summed E-state index contributed by atoms with van der Waals surface area (Å²) in [5.74, 6) is 0.455. The zero-order valence-electron chi connectivity index (χ0n) is 11.0. The molecule has 0 aliphatic rings. The number of methoxy groups -OCH3 is 2. The molecule has 18 heavy (non-hydrogen) atoms. The minimum absolute atomic E-state index is 0.0582. The van der Waals surface area contributed by atoms with Crippen LogP contribution in [0.15, 0.2) is 18.2 Å². The highest BCUT2D eigenvalue weighted by Gasteiger charge is 2.15.